The Labute approximate surface area is 98.4 Å². The van der Waals surface area contributed by atoms with E-state index in [-0.39, 0.29) is 6.61 Å². The third-order valence-electron chi connectivity index (χ3n) is 2.75. The molecule has 0 radical (unpaired) electrons. The van der Waals surface area contributed by atoms with E-state index in [0.717, 1.165) is 0 Å². The first-order valence-electron chi connectivity index (χ1n) is 5.40. The fraction of sp³-hybridized carbons (Fsp3) is 0.333. The van der Waals surface area contributed by atoms with Crippen molar-refractivity contribution >= 4 is 17.6 Å². The maximum Gasteiger partial charge on any atom is 0.327 e. The number of para-hydroxylation sites is 1. The van der Waals surface area contributed by atoms with Gasteiger partial charge in [0.05, 0.1) is 6.61 Å². The minimum atomic E-state index is -1.06. The average Bonchev–Trinajstić information content (AvgIpc) is 2.68. The van der Waals surface area contributed by atoms with Gasteiger partial charge in [0, 0.05) is 5.69 Å². The molecule has 0 saturated carbocycles. The van der Waals surface area contributed by atoms with Crippen molar-refractivity contribution in [2.24, 2.45) is 0 Å². The van der Waals surface area contributed by atoms with Crippen molar-refractivity contribution in [3.63, 3.8) is 0 Å². The molecule has 0 aromatic heterocycles. The summed E-state index contributed by atoms with van der Waals surface area (Å²) in [6.07, 6.45) is 0. The Balaban J connectivity index is 2.37. The van der Waals surface area contributed by atoms with Gasteiger partial charge in [0.15, 0.2) is 0 Å². The topological polar surface area (TPSA) is 75.6 Å². The van der Waals surface area contributed by atoms with Crippen LogP contribution in [0.15, 0.2) is 24.3 Å². The number of carboxylic acids is 1. The summed E-state index contributed by atoms with van der Waals surface area (Å²) in [5.41, 5.74) is 1.36. The number of hydrogen-bond donors (Lipinski definition) is 2. The van der Waals surface area contributed by atoms with Crippen LogP contribution in [-0.4, -0.2) is 29.7 Å². The molecule has 90 valence electrons. The number of anilines is 1. The molecule has 0 fully saturated rings. The van der Waals surface area contributed by atoms with Gasteiger partial charge < -0.3 is 15.2 Å². The van der Waals surface area contributed by atoms with Crippen LogP contribution in [0.1, 0.15) is 18.4 Å². The molecule has 1 heterocycles. The zero-order valence-corrected chi connectivity index (χ0v) is 9.34. The molecule has 5 heteroatoms. The molecule has 2 N–H and O–H groups in total. The summed E-state index contributed by atoms with van der Waals surface area (Å²) in [5.74, 6) is -2.33. The van der Waals surface area contributed by atoms with Gasteiger partial charge in [0.1, 0.15) is 12.0 Å². The van der Waals surface area contributed by atoms with E-state index in [4.69, 9.17) is 9.84 Å². The smallest absolute Gasteiger partial charge is 0.327 e. The normalized spacial score (nSPS) is 21.5. The zero-order valence-electron chi connectivity index (χ0n) is 9.34. The molecular formula is C12H13NO4. The highest BCUT2D eigenvalue weighted by Gasteiger charge is 2.42. The number of rotatable bonds is 3. The zero-order chi connectivity index (χ0) is 12.4. The molecule has 2 unspecified atom stereocenters. The van der Waals surface area contributed by atoms with E-state index < -0.39 is 23.9 Å². The van der Waals surface area contributed by atoms with Gasteiger partial charge in [-0.15, -0.1) is 0 Å². The van der Waals surface area contributed by atoms with Crippen molar-refractivity contribution in [2.45, 2.75) is 18.9 Å². The highest BCUT2D eigenvalue weighted by molar-refractivity contribution is 5.94. The van der Waals surface area contributed by atoms with Gasteiger partial charge in [0.25, 0.3) is 0 Å². The van der Waals surface area contributed by atoms with Crippen LogP contribution >= 0.6 is 0 Å². The molecule has 1 aromatic carbocycles. The Morgan fingerprint density at radius 1 is 1.41 bits per heavy atom. The molecule has 1 aliphatic rings. The number of carbonyl (C=O) groups excluding carboxylic acids is 1. The van der Waals surface area contributed by atoms with Crippen LogP contribution in [0.3, 0.4) is 0 Å². The first-order valence-corrected chi connectivity index (χ1v) is 5.40. The molecule has 1 aliphatic heterocycles. The summed E-state index contributed by atoms with van der Waals surface area (Å²) in [7, 11) is 0. The van der Waals surface area contributed by atoms with Crippen LogP contribution < -0.4 is 5.32 Å². The van der Waals surface area contributed by atoms with E-state index in [1.54, 1.807) is 31.2 Å². The minimum Gasteiger partial charge on any atom is -0.480 e. The lowest BCUT2D eigenvalue weighted by atomic mass is 9.95. The van der Waals surface area contributed by atoms with Gasteiger partial charge in [-0.25, -0.2) is 4.79 Å². The Morgan fingerprint density at radius 2 is 2.12 bits per heavy atom. The Bertz CT molecular complexity index is 458. The maximum atomic E-state index is 11.8. The number of esters is 1. The van der Waals surface area contributed by atoms with E-state index in [9.17, 15) is 9.59 Å². The van der Waals surface area contributed by atoms with Crippen molar-refractivity contribution in [2.75, 3.05) is 11.9 Å². The SMILES string of the molecule is CCOC(=O)C1c2ccccc2NC1C(=O)O. The second kappa shape index (κ2) is 4.45. The molecule has 17 heavy (non-hydrogen) atoms. The van der Waals surface area contributed by atoms with Crippen molar-refractivity contribution in [1.82, 2.24) is 0 Å². The van der Waals surface area contributed by atoms with Crippen LogP contribution in [-0.2, 0) is 14.3 Å². The second-order valence-corrected chi connectivity index (χ2v) is 3.78. The molecule has 5 nitrogen and oxygen atoms in total. The summed E-state index contributed by atoms with van der Waals surface area (Å²) in [4.78, 5) is 22.9. The van der Waals surface area contributed by atoms with Gasteiger partial charge in [-0.05, 0) is 18.6 Å². The number of carbonyl (C=O) groups is 2. The van der Waals surface area contributed by atoms with E-state index in [1.807, 2.05) is 0 Å². The van der Waals surface area contributed by atoms with Gasteiger partial charge >= 0.3 is 11.9 Å². The van der Waals surface area contributed by atoms with Crippen molar-refractivity contribution in [3.8, 4) is 0 Å². The van der Waals surface area contributed by atoms with E-state index in [1.165, 1.54) is 0 Å². The Morgan fingerprint density at radius 3 is 2.76 bits per heavy atom. The number of nitrogens with one attached hydrogen (secondary N) is 1. The van der Waals surface area contributed by atoms with Crippen LogP contribution in [0.25, 0.3) is 0 Å². The first kappa shape index (κ1) is 11.4. The average molecular weight is 235 g/mol. The van der Waals surface area contributed by atoms with Crippen molar-refractivity contribution in [1.29, 1.82) is 0 Å². The number of fused-ring (bicyclic) bond motifs is 1. The highest BCUT2D eigenvalue weighted by Crippen LogP contribution is 2.36. The molecule has 0 saturated heterocycles. The van der Waals surface area contributed by atoms with Gasteiger partial charge in [-0.3, -0.25) is 4.79 Å². The van der Waals surface area contributed by atoms with Crippen LogP contribution in [0.4, 0.5) is 5.69 Å². The van der Waals surface area contributed by atoms with Crippen LogP contribution in [0, 0.1) is 0 Å². The molecule has 1 aromatic rings. The Kier molecular flexibility index (Phi) is 2.99. The third-order valence-corrected chi connectivity index (χ3v) is 2.75. The van der Waals surface area contributed by atoms with Crippen LogP contribution in [0.2, 0.25) is 0 Å². The van der Waals surface area contributed by atoms with Gasteiger partial charge in [-0.1, -0.05) is 18.2 Å². The molecule has 0 amide bonds. The minimum absolute atomic E-state index is 0.240. The van der Waals surface area contributed by atoms with Gasteiger partial charge in [0.2, 0.25) is 0 Å². The number of carboxylic acid groups (broad SMARTS) is 1. The van der Waals surface area contributed by atoms with E-state index in [0.29, 0.717) is 11.3 Å². The number of hydrogen-bond acceptors (Lipinski definition) is 4. The summed E-state index contributed by atoms with van der Waals surface area (Å²) in [5, 5.41) is 11.9. The lowest BCUT2D eigenvalue weighted by Gasteiger charge is -2.14. The predicted molar refractivity (Wildman–Crippen MR) is 60.9 cm³/mol. The Hall–Kier alpha value is -2.04. The van der Waals surface area contributed by atoms with E-state index >= 15 is 0 Å². The van der Waals surface area contributed by atoms with Gasteiger partial charge in [-0.2, -0.15) is 0 Å². The van der Waals surface area contributed by atoms with Crippen LogP contribution in [0.5, 0.6) is 0 Å². The molecule has 2 rings (SSSR count). The van der Waals surface area contributed by atoms with Crippen molar-refractivity contribution < 1.29 is 19.4 Å². The third kappa shape index (κ3) is 1.95. The number of benzene rings is 1. The molecular weight excluding hydrogens is 222 g/mol. The summed E-state index contributed by atoms with van der Waals surface area (Å²) in [6, 6.07) is 6.11. The molecule has 0 aliphatic carbocycles. The highest BCUT2D eigenvalue weighted by atomic mass is 16.5. The first-order chi connectivity index (χ1) is 8.15. The van der Waals surface area contributed by atoms with E-state index in [2.05, 4.69) is 5.32 Å². The standard InChI is InChI=1S/C12H13NO4/c1-2-17-12(16)9-7-5-3-4-6-8(7)13-10(9)11(14)15/h3-6,9-10,13H,2H2,1H3,(H,14,15). The number of aliphatic carboxylic acids is 1. The number of ether oxygens (including phenoxy) is 1. The molecule has 0 spiro atoms. The van der Waals surface area contributed by atoms with Crippen molar-refractivity contribution in [3.05, 3.63) is 29.8 Å². The molecule has 0 bridgehead atoms. The fourth-order valence-electron chi connectivity index (χ4n) is 2.03. The quantitative estimate of drug-likeness (QED) is 0.770. The predicted octanol–water partition coefficient (Wildman–Crippen LogP) is 1.21. The monoisotopic (exact) mass is 235 g/mol. The largest absolute Gasteiger partial charge is 0.480 e. The second-order valence-electron chi connectivity index (χ2n) is 3.78. The maximum absolute atomic E-state index is 11.8. The lowest BCUT2D eigenvalue weighted by molar-refractivity contribution is -0.149. The molecule has 2 atom stereocenters. The summed E-state index contributed by atoms with van der Waals surface area (Å²) >= 11 is 0. The summed E-state index contributed by atoms with van der Waals surface area (Å²) in [6.45, 7) is 1.94. The summed E-state index contributed by atoms with van der Waals surface area (Å²) < 4.78 is 4.92. The fourth-order valence-corrected chi connectivity index (χ4v) is 2.03. The lowest BCUT2D eigenvalue weighted by Crippen LogP contribution is -2.35.